The van der Waals surface area contributed by atoms with Gasteiger partial charge in [0.1, 0.15) is 6.04 Å². The summed E-state index contributed by atoms with van der Waals surface area (Å²) in [4.78, 5) is 33.4. The van der Waals surface area contributed by atoms with Crippen molar-refractivity contribution in [3.8, 4) is 0 Å². The summed E-state index contributed by atoms with van der Waals surface area (Å²) in [6.07, 6.45) is 6.04. The highest BCUT2D eigenvalue weighted by Crippen LogP contribution is 2.10. The van der Waals surface area contributed by atoms with Crippen molar-refractivity contribution >= 4 is 17.8 Å². The van der Waals surface area contributed by atoms with Crippen molar-refractivity contribution in [2.24, 2.45) is 5.73 Å². The number of aliphatic hydroxyl groups is 1. The van der Waals surface area contributed by atoms with E-state index in [1.54, 1.807) is 0 Å². The smallest absolute Gasteiger partial charge is 0.326 e. The Labute approximate surface area is 137 Å². The highest BCUT2D eigenvalue weighted by Gasteiger charge is 2.21. The van der Waals surface area contributed by atoms with Gasteiger partial charge in [0.2, 0.25) is 11.8 Å². The number of unbranched alkanes of at least 4 members (excludes halogenated alkanes) is 5. The van der Waals surface area contributed by atoms with Crippen LogP contribution < -0.4 is 11.1 Å². The molecule has 0 aromatic heterocycles. The minimum Gasteiger partial charge on any atom is -0.480 e. The van der Waals surface area contributed by atoms with Gasteiger partial charge in [0.25, 0.3) is 0 Å². The fourth-order valence-corrected chi connectivity index (χ4v) is 2.27. The van der Waals surface area contributed by atoms with Crippen LogP contribution in [0.3, 0.4) is 0 Å². The molecule has 7 nitrogen and oxygen atoms in total. The second-order valence-corrected chi connectivity index (χ2v) is 5.88. The summed E-state index contributed by atoms with van der Waals surface area (Å²) in [7, 11) is 0. The molecule has 2 amide bonds. The van der Waals surface area contributed by atoms with Gasteiger partial charge in [0, 0.05) is 6.42 Å². The highest BCUT2D eigenvalue weighted by molar-refractivity contribution is 5.84. The molecule has 0 radical (unpaired) electrons. The lowest BCUT2D eigenvalue weighted by atomic mass is 10.0. The van der Waals surface area contributed by atoms with Crippen LogP contribution in [0, 0.1) is 0 Å². The molecule has 0 rings (SSSR count). The first kappa shape index (κ1) is 21.4. The topological polar surface area (TPSA) is 130 Å². The van der Waals surface area contributed by atoms with E-state index in [2.05, 4.69) is 12.2 Å². The lowest BCUT2D eigenvalue weighted by molar-refractivity contribution is -0.142. The Bertz CT molecular complexity index is 373. The van der Waals surface area contributed by atoms with Crippen LogP contribution in [0.5, 0.6) is 0 Å². The van der Waals surface area contributed by atoms with Gasteiger partial charge < -0.3 is 21.3 Å². The fraction of sp³-hybridized carbons (Fsp3) is 0.812. The number of carbonyl (C=O) groups excluding carboxylic acids is 2. The molecule has 0 heterocycles. The normalized spacial score (nSPS) is 13.3. The van der Waals surface area contributed by atoms with Crippen LogP contribution in [0.4, 0.5) is 0 Å². The van der Waals surface area contributed by atoms with E-state index < -0.39 is 29.9 Å². The quantitative estimate of drug-likeness (QED) is 0.357. The zero-order chi connectivity index (χ0) is 17.7. The van der Waals surface area contributed by atoms with Crippen LogP contribution in [0.1, 0.15) is 71.1 Å². The number of aliphatic hydroxyl groups excluding tert-OH is 1. The number of carboxylic acid groups (broad SMARTS) is 1. The monoisotopic (exact) mass is 330 g/mol. The first-order valence-electron chi connectivity index (χ1n) is 8.35. The van der Waals surface area contributed by atoms with Crippen molar-refractivity contribution in [2.45, 2.75) is 83.3 Å². The second kappa shape index (κ2) is 12.9. The van der Waals surface area contributed by atoms with E-state index in [1.165, 1.54) is 19.3 Å². The Hall–Kier alpha value is -1.63. The molecule has 0 aromatic carbocycles. The van der Waals surface area contributed by atoms with Gasteiger partial charge in [0.15, 0.2) is 0 Å². The molecule has 23 heavy (non-hydrogen) atoms. The fourth-order valence-electron chi connectivity index (χ4n) is 2.27. The Kier molecular flexibility index (Phi) is 12.0. The van der Waals surface area contributed by atoms with E-state index in [9.17, 15) is 19.5 Å². The summed E-state index contributed by atoms with van der Waals surface area (Å²) >= 11 is 0. The third-order valence-electron chi connectivity index (χ3n) is 3.62. The van der Waals surface area contributed by atoms with Crippen LogP contribution in [-0.4, -0.2) is 40.1 Å². The van der Waals surface area contributed by atoms with Crippen molar-refractivity contribution in [3.05, 3.63) is 0 Å². The summed E-state index contributed by atoms with van der Waals surface area (Å²) in [5.74, 6) is -2.36. The maximum atomic E-state index is 11.7. The van der Waals surface area contributed by atoms with Gasteiger partial charge in [0.05, 0.1) is 12.5 Å². The Morgan fingerprint density at radius 2 is 1.65 bits per heavy atom. The Morgan fingerprint density at radius 3 is 2.22 bits per heavy atom. The average molecular weight is 330 g/mol. The molecule has 2 atom stereocenters. The Balaban J connectivity index is 3.95. The molecule has 0 aliphatic carbocycles. The number of primary amides is 1. The molecular weight excluding hydrogens is 300 g/mol. The van der Waals surface area contributed by atoms with Crippen LogP contribution in [0.2, 0.25) is 0 Å². The van der Waals surface area contributed by atoms with Crippen molar-refractivity contribution in [1.82, 2.24) is 5.32 Å². The number of carboxylic acids is 1. The summed E-state index contributed by atoms with van der Waals surface area (Å²) < 4.78 is 0. The average Bonchev–Trinajstić information content (AvgIpc) is 2.46. The van der Waals surface area contributed by atoms with Gasteiger partial charge in [-0.2, -0.15) is 0 Å². The Morgan fingerprint density at radius 1 is 1.04 bits per heavy atom. The highest BCUT2D eigenvalue weighted by atomic mass is 16.4. The van der Waals surface area contributed by atoms with E-state index in [1.807, 2.05) is 0 Å². The summed E-state index contributed by atoms with van der Waals surface area (Å²) in [6.45, 7) is 2.15. The minimum absolute atomic E-state index is 0.0517. The SMILES string of the molecule is CCCCCCCCC(O)CC(=O)NC(CCC(N)=O)C(=O)O. The molecule has 0 bridgehead atoms. The maximum Gasteiger partial charge on any atom is 0.326 e. The number of carbonyl (C=O) groups is 3. The number of hydrogen-bond donors (Lipinski definition) is 4. The van der Waals surface area contributed by atoms with Gasteiger partial charge >= 0.3 is 5.97 Å². The molecule has 7 heteroatoms. The predicted octanol–water partition coefficient (Wildman–Crippen LogP) is 1.32. The molecule has 2 unspecified atom stereocenters. The zero-order valence-corrected chi connectivity index (χ0v) is 13.9. The number of hydrogen-bond acceptors (Lipinski definition) is 4. The van der Waals surface area contributed by atoms with Crippen molar-refractivity contribution in [3.63, 3.8) is 0 Å². The lowest BCUT2D eigenvalue weighted by Crippen LogP contribution is -2.42. The number of aliphatic carboxylic acids is 1. The van der Waals surface area contributed by atoms with Gasteiger partial charge in [-0.3, -0.25) is 9.59 Å². The first-order valence-corrected chi connectivity index (χ1v) is 8.35. The van der Waals surface area contributed by atoms with E-state index in [0.29, 0.717) is 6.42 Å². The molecule has 134 valence electrons. The lowest BCUT2D eigenvalue weighted by Gasteiger charge is -2.15. The molecule has 0 saturated heterocycles. The van der Waals surface area contributed by atoms with Gasteiger partial charge in [-0.25, -0.2) is 4.79 Å². The predicted molar refractivity (Wildman–Crippen MR) is 86.6 cm³/mol. The molecule has 0 fully saturated rings. The molecule has 0 aliphatic heterocycles. The van der Waals surface area contributed by atoms with E-state index in [4.69, 9.17) is 10.8 Å². The molecular formula is C16H30N2O5. The van der Waals surface area contributed by atoms with Crippen molar-refractivity contribution in [1.29, 1.82) is 0 Å². The molecule has 5 N–H and O–H groups in total. The maximum absolute atomic E-state index is 11.7. The largest absolute Gasteiger partial charge is 0.480 e. The number of nitrogens with one attached hydrogen (secondary N) is 1. The minimum atomic E-state index is -1.22. The van der Waals surface area contributed by atoms with Crippen LogP contribution in [0.25, 0.3) is 0 Å². The zero-order valence-electron chi connectivity index (χ0n) is 13.9. The standard InChI is InChI=1S/C16H30N2O5/c1-2-3-4-5-6-7-8-12(19)11-15(21)18-13(16(22)23)9-10-14(17)20/h12-13,19H,2-11H2,1H3,(H2,17,20)(H,18,21)(H,22,23). The molecule has 0 aliphatic rings. The summed E-state index contributed by atoms with van der Waals surface area (Å²) in [6, 6.07) is -1.16. The third-order valence-corrected chi connectivity index (χ3v) is 3.62. The number of amides is 2. The third kappa shape index (κ3) is 12.6. The van der Waals surface area contributed by atoms with E-state index in [0.717, 1.165) is 19.3 Å². The van der Waals surface area contributed by atoms with Gasteiger partial charge in [-0.05, 0) is 12.8 Å². The number of rotatable bonds is 14. The van der Waals surface area contributed by atoms with E-state index >= 15 is 0 Å². The van der Waals surface area contributed by atoms with Crippen molar-refractivity contribution in [2.75, 3.05) is 0 Å². The summed E-state index contributed by atoms with van der Waals surface area (Å²) in [5, 5.41) is 21.1. The van der Waals surface area contributed by atoms with Crippen LogP contribution >= 0.6 is 0 Å². The molecule has 0 aromatic rings. The second-order valence-electron chi connectivity index (χ2n) is 5.88. The van der Waals surface area contributed by atoms with Crippen LogP contribution in [0.15, 0.2) is 0 Å². The number of nitrogens with two attached hydrogens (primary N) is 1. The molecule has 0 spiro atoms. The van der Waals surface area contributed by atoms with Gasteiger partial charge in [-0.1, -0.05) is 45.4 Å². The van der Waals surface area contributed by atoms with E-state index in [-0.39, 0.29) is 19.3 Å². The van der Waals surface area contributed by atoms with Crippen molar-refractivity contribution < 1.29 is 24.6 Å². The molecule has 0 saturated carbocycles. The first-order chi connectivity index (χ1) is 10.9. The summed E-state index contributed by atoms with van der Waals surface area (Å²) in [5.41, 5.74) is 4.97. The van der Waals surface area contributed by atoms with Crippen LogP contribution in [-0.2, 0) is 14.4 Å². The van der Waals surface area contributed by atoms with Gasteiger partial charge in [-0.15, -0.1) is 0 Å².